The third-order valence-corrected chi connectivity index (χ3v) is 2.36. The average Bonchev–Trinajstić information content (AvgIpc) is 2.29. The maximum Gasteiger partial charge on any atom is 0.228 e. The van der Waals surface area contributed by atoms with Crippen molar-refractivity contribution in [2.45, 2.75) is 6.54 Å². The number of anilines is 1. The first kappa shape index (κ1) is 12.9. The van der Waals surface area contributed by atoms with Crippen molar-refractivity contribution in [3.05, 3.63) is 46.0 Å². The maximum atomic E-state index is 13.3. The Bertz CT molecular complexity index is 560. The van der Waals surface area contributed by atoms with E-state index in [1.54, 1.807) is 0 Å². The number of nitrogens with one attached hydrogen (secondary N) is 1. The molecule has 0 bridgehead atoms. The lowest BCUT2D eigenvalue weighted by Crippen LogP contribution is -2.06. The number of hydrogen-bond donors (Lipinski definition) is 1. The van der Waals surface area contributed by atoms with Crippen molar-refractivity contribution < 1.29 is 8.78 Å². The van der Waals surface area contributed by atoms with Crippen LogP contribution in [0.4, 0.5) is 14.7 Å². The van der Waals surface area contributed by atoms with E-state index in [1.807, 2.05) is 0 Å². The minimum absolute atomic E-state index is 0.000262. The second kappa shape index (κ2) is 5.41. The van der Waals surface area contributed by atoms with Crippen LogP contribution in [0.15, 0.2) is 18.2 Å². The van der Waals surface area contributed by atoms with E-state index < -0.39 is 11.6 Å². The van der Waals surface area contributed by atoms with Gasteiger partial charge in [-0.15, -0.1) is 0 Å². The zero-order valence-electron chi connectivity index (χ0n) is 8.79. The van der Waals surface area contributed by atoms with Gasteiger partial charge in [-0.1, -0.05) is 0 Å². The first-order valence-corrected chi connectivity index (χ1v) is 5.55. The summed E-state index contributed by atoms with van der Waals surface area (Å²) < 4.78 is 26.2. The van der Waals surface area contributed by atoms with Crippen molar-refractivity contribution in [2.24, 2.45) is 0 Å². The molecule has 0 amide bonds. The van der Waals surface area contributed by atoms with Gasteiger partial charge in [0, 0.05) is 12.1 Å². The minimum Gasteiger partial charge on any atom is -0.350 e. The average molecular weight is 291 g/mol. The van der Waals surface area contributed by atoms with Crippen molar-refractivity contribution in [1.29, 1.82) is 0 Å². The fourth-order valence-corrected chi connectivity index (χ4v) is 1.62. The predicted octanol–water partition coefficient (Wildman–Crippen LogP) is 3.07. The van der Waals surface area contributed by atoms with Gasteiger partial charge in [-0.05, 0) is 41.4 Å². The number of nitrogens with zero attached hydrogens (tertiary/aromatic N) is 3. The van der Waals surface area contributed by atoms with E-state index in [1.165, 1.54) is 0 Å². The lowest BCUT2D eigenvalue weighted by molar-refractivity contribution is 0.587. The molecule has 1 aromatic carbocycles. The van der Waals surface area contributed by atoms with Gasteiger partial charge in [0.25, 0.3) is 0 Å². The molecule has 18 heavy (non-hydrogen) atoms. The molecule has 0 saturated heterocycles. The van der Waals surface area contributed by atoms with Gasteiger partial charge in [-0.2, -0.15) is 15.0 Å². The first-order chi connectivity index (χ1) is 8.54. The molecular weight excluding hydrogens is 285 g/mol. The Morgan fingerprint density at radius 2 is 1.72 bits per heavy atom. The lowest BCUT2D eigenvalue weighted by Gasteiger charge is -2.06. The van der Waals surface area contributed by atoms with Crippen LogP contribution < -0.4 is 5.32 Å². The quantitative estimate of drug-likeness (QED) is 0.944. The van der Waals surface area contributed by atoms with Crippen LogP contribution in [-0.2, 0) is 6.54 Å². The Labute approximate surface area is 111 Å². The van der Waals surface area contributed by atoms with E-state index in [0.717, 1.165) is 18.2 Å². The van der Waals surface area contributed by atoms with Gasteiger partial charge in [0.2, 0.25) is 16.5 Å². The molecule has 4 nitrogen and oxygen atoms in total. The van der Waals surface area contributed by atoms with Crippen LogP contribution in [-0.4, -0.2) is 15.0 Å². The molecule has 0 unspecified atom stereocenters. The fraction of sp³-hybridized carbons (Fsp3) is 0.100. The summed E-state index contributed by atoms with van der Waals surface area (Å²) >= 11 is 11.1. The standard InChI is InChI=1S/C10H6Cl2F2N4/c11-8-16-9(12)18-10(17-8)15-4-5-3-6(13)1-2-7(5)14/h1-3H,4H2,(H,15,16,17,18). The van der Waals surface area contributed by atoms with Crippen LogP contribution in [0, 0.1) is 11.6 Å². The second-order valence-electron chi connectivity index (χ2n) is 3.29. The molecule has 0 saturated carbocycles. The molecule has 0 spiro atoms. The van der Waals surface area contributed by atoms with Crippen LogP contribution in [0.1, 0.15) is 5.56 Å². The van der Waals surface area contributed by atoms with Crippen molar-refractivity contribution in [2.75, 3.05) is 5.32 Å². The van der Waals surface area contributed by atoms with E-state index in [2.05, 4.69) is 20.3 Å². The molecule has 8 heteroatoms. The summed E-state index contributed by atoms with van der Waals surface area (Å²) in [5.41, 5.74) is 0.141. The van der Waals surface area contributed by atoms with Gasteiger partial charge in [0.15, 0.2) is 0 Å². The summed E-state index contributed by atoms with van der Waals surface area (Å²) in [6.45, 7) is 0.000262. The fourth-order valence-electron chi connectivity index (χ4n) is 1.26. The molecule has 0 aliphatic heterocycles. The first-order valence-electron chi connectivity index (χ1n) is 4.79. The highest BCUT2D eigenvalue weighted by Gasteiger charge is 2.06. The van der Waals surface area contributed by atoms with E-state index in [-0.39, 0.29) is 28.6 Å². The van der Waals surface area contributed by atoms with Crippen molar-refractivity contribution in [1.82, 2.24) is 15.0 Å². The number of aromatic nitrogens is 3. The largest absolute Gasteiger partial charge is 0.350 e. The summed E-state index contributed by atoms with van der Waals surface area (Å²) in [5, 5.41) is 2.50. The van der Waals surface area contributed by atoms with Gasteiger partial charge in [-0.25, -0.2) is 8.78 Å². The highest BCUT2D eigenvalue weighted by atomic mass is 35.5. The molecular formula is C10H6Cl2F2N4. The SMILES string of the molecule is Fc1ccc(F)c(CNc2nc(Cl)nc(Cl)n2)c1. The molecule has 0 atom stereocenters. The summed E-state index contributed by atoms with van der Waals surface area (Å²) in [7, 11) is 0. The number of rotatable bonds is 3. The van der Waals surface area contributed by atoms with Crippen LogP contribution in [0.3, 0.4) is 0 Å². The van der Waals surface area contributed by atoms with E-state index in [0.29, 0.717) is 0 Å². The van der Waals surface area contributed by atoms with E-state index in [9.17, 15) is 8.78 Å². The van der Waals surface area contributed by atoms with E-state index in [4.69, 9.17) is 23.2 Å². The van der Waals surface area contributed by atoms with Crippen LogP contribution in [0.25, 0.3) is 0 Å². The van der Waals surface area contributed by atoms with Crippen LogP contribution in [0.2, 0.25) is 10.6 Å². The molecule has 2 aromatic rings. The van der Waals surface area contributed by atoms with Crippen molar-refractivity contribution in [3.8, 4) is 0 Å². The number of hydrogen-bond acceptors (Lipinski definition) is 4. The van der Waals surface area contributed by atoms with Gasteiger partial charge in [0.1, 0.15) is 11.6 Å². The molecule has 0 aliphatic carbocycles. The molecule has 1 aromatic heterocycles. The van der Waals surface area contributed by atoms with Gasteiger partial charge in [-0.3, -0.25) is 0 Å². The molecule has 94 valence electrons. The molecule has 0 radical (unpaired) electrons. The Morgan fingerprint density at radius 1 is 1.06 bits per heavy atom. The summed E-state index contributed by atoms with van der Waals surface area (Å²) in [6.07, 6.45) is 0. The zero-order valence-corrected chi connectivity index (χ0v) is 10.3. The molecule has 2 rings (SSSR count). The molecule has 1 N–H and O–H groups in total. The summed E-state index contributed by atoms with van der Waals surface area (Å²) in [6, 6.07) is 3.15. The van der Waals surface area contributed by atoms with Gasteiger partial charge < -0.3 is 5.32 Å². The summed E-state index contributed by atoms with van der Waals surface area (Å²) in [4.78, 5) is 11.0. The Hall–Kier alpha value is -1.53. The molecule has 0 aliphatic rings. The highest BCUT2D eigenvalue weighted by molar-refractivity contribution is 6.31. The maximum absolute atomic E-state index is 13.3. The smallest absolute Gasteiger partial charge is 0.228 e. The normalized spacial score (nSPS) is 10.4. The predicted molar refractivity (Wildman–Crippen MR) is 63.5 cm³/mol. The van der Waals surface area contributed by atoms with Crippen LogP contribution >= 0.6 is 23.2 Å². The Balaban J connectivity index is 2.13. The molecule has 1 heterocycles. The zero-order chi connectivity index (χ0) is 13.1. The van der Waals surface area contributed by atoms with Crippen molar-refractivity contribution >= 4 is 29.2 Å². The lowest BCUT2D eigenvalue weighted by atomic mass is 10.2. The van der Waals surface area contributed by atoms with Crippen LogP contribution in [0.5, 0.6) is 0 Å². The Kier molecular flexibility index (Phi) is 3.88. The number of halogens is 4. The third-order valence-electron chi connectivity index (χ3n) is 2.03. The Morgan fingerprint density at radius 3 is 2.39 bits per heavy atom. The summed E-state index contributed by atoms with van der Waals surface area (Å²) in [5.74, 6) is -0.973. The van der Waals surface area contributed by atoms with Crippen molar-refractivity contribution in [3.63, 3.8) is 0 Å². The second-order valence-corrected chi connectivity index (χ2v) is 3.96. The monoisotopic (exact) mass is 290 g/mol. The highest BCUT2D eigenvalue weighted by Crippen LogP contribution is 2.13. The molecule has 0 fully saturated rings. The third kappa shape index (κ3) is 3.24. The topological polar surface area (TPSA) is 50.7 Å². The van der Waals surface area contributed by atoms with Gasteiger partial charge >= 0.3 is 0 Å². The number of benzene rings is 1. The van der Waals surface area contributed by atoms with Gasteiger partial charge in [0.05, 0.1) is 0 Å². The van der Waals surface area contributed by atoms with E-state index >= 15 is 0 Å². The minimum atomic E-state index is -0.532.